The molecule has 7 rings (SSSR count). The van der Waals surface area contributed by atoms with Gasteiger partial charge in [0.15, 0.2) is 0 Å². The monoisotopic (exact) mass is 527 g/mol. The lowest BCUT2D eigenvalue weighted by atomic mass is 9.80. The molecule has 1 saturated heterocycles. The highest BCUT2D eigenvalue weighted by Crippen LogP contribution is 2.45. The Morgan fingerprint density at radius 1 is 1.03 bits per heavy atom. The van der Waals surface area contributed by atoms with Gasteiger partial charge < -0.3 is 9.88 Å². The molecule has 200 valence electrons. The van der Waals surface area contributed by atoms with Crippen LogP contribution in [-0.4, -0.2) is 60.4 Å². The van der Waals surface area contributed by atoms with Crippen LogP contribution in [0.2, 0.25) is 0 Å². The molecule has 2 N–H and O–H groups in total. The number of piperidine rings is 1. The fourth-order valence-corrected chi connectivity index (χ4v) is 5.97. The number of imide groups is 2. The molecule has 4 amide bonds. The lowest BCUT2D eigenvalue weighted by Crippen LogP contribution is -2.54. The first kappa shape index (κ1) is 23.8. The van der Waals surface area contributed by atoms with Gasteiger partial charge in [-0.05, 0) is 56.2 Å². The number of aryl methyl sites for hydroxylation is 1. The number of rotatable bonds is 7. The van der Waals surface area contributed by atoms with Crippen LogP contribution in [0.4, 0.5) is 5.69 Å². The third-order valence-electron chi connectivity index (χ3n) is 8.41. The van der Waals surface area contributed by atoms with E-state index in [0.717, 1.165) is 47.1 Å². The number of nitrogens with one attached hydrogen (secondary N) is 2. The first-order chi connectivity index (χ1) is 18.9. The van der Waals surface area contributed by atoms with E-state index in [-0.39, 0.29) is 29.9 Å². The van der Waals surface area contributed by atoms with E-state index in [9.17, 15) is 19.2 Å². The number of hydrogen-bond donors (Lipinski definition) is 2. The highest BCUT2D eigenvalue weighted by Gasteiger charge is 2.44. The SMILES string of the molecule is Cn1ccnc1-c1cn(C2CC(CNc3ccc4c(c3)C(=O)N(C3CCC(=O)NC3=O)C4=O)C2)nc1C1CC1. The smallest absolute Gasteiger partial charge is 0.262 e. The number of amides is 4. The van der Waals surface area contributed by atoms with Crippen LogP contribution in [0, 0.1) is 5.92 Å². The number of imidazole rings is 1. The van der Waals surface area contributed by atoms with Crippen LogP contribution in [0.3, 0.4) is 0 Å². The summed E-state index contributed by atoms with van der Waals surface area (Å²) < 4.78 is 4.16. The minimum atomic E-state index is -0.959. The molecular weight excluding hydrogens is 498 g/mol. The second-order valence-electron chi connectivity index (χ2n) is 11.1. The van der Waals surface area contributed by atoms with Gasteiger partial charge in [0.1, 0.15) is 11.9 Å². The van der Waals surface area contributed by atoms with Crippen molar-refractivity contribution in [3.8, 4) is 11.4 Å². The van der Waals surface area contributed by atoms with Crippen LogP contribution < -0.4 is 10.6 Å². The van der Waals surface area contributed by atoms with Crippen LogP contribution in [0.15, 0.2) is 36.8 Å². The van der Waals surface area contributed by atoms with Gasteiger partial charge in [0.05, 0.1) is 28.4 Å². The summed E-state index contributed by atoms with van der Waals surface area (Å²) in [6.07, 6.45) is 10.6. The fourth-order valence-electron chi connectivity index (χ4n) is 5.97. The van der Waals surface area contributed by atoms with Crippen LogP contribution in [0.1, 0.15) is 76.9 Å². The molecule has 4 heterocycles. The van der Waals surface area contributed by atoms with Gasteiger partial charge in [-0.15, -0.1) is 0 Å². The van der Waals surface area contributed by atoms with Crippen LogP contribution in [0.5, 0.6) is 0 Å². The van der Waals surface area contributed by atoms with Gasteiger partial charge in [-0.1, -0.05) is 0 Å². The minimum Gasteiger partial charge on any atom is -0.385 e. The molecule has 0 bridgehead atoms. The first-order valence-corrected chi connectivity index (χ1v) is 13.5. The van der Waals surface area contributed by atoms with E-state index in [1.807, 2.05) is 24.0 Å². The molecule has 11 heteroatoms. The number of benzene rings is 1. The number of anilines is 1. The van der Waals surface area contributed by atoms with E-state index in [4.69, 9.17) is 5.10 Å². The van der Waals surface area contributed by atoms with Crippen LogP contribution >= 0.6 is 0 Å². The summed E-state index contributed by atoms with van der Waals surface area (Å²) in [6, 6.07) is 4.51. The zero-order valence-electron chi connectivity index (χ0n) is 21.6. The highest BCUT2D eigenvalue weighted by molar-refractivity contribution is 6.23. The predicted octanol–water partition coefficient (Wildman–Crippen LogP) is 2.63. The van der Waals surface area contributed by atoms with E-state index in [1.165, 1.54) is 12.8 Å². The van der Waals surface area contributed by atoms with E-state index < -0.39 is 23.8 Å². The number of hydrogen-bond acceptors (Lipinski definition) is 7. The first-order valence-electron chi connectivity index (χ1n) is 13.5. The molecule has 39 heavy (non-hydrogen) atoms. The average Bonchev–Trinajstić information content (AvgIpc) is 3.43. The summed E-state index contributed by atoms with van der Waals surface area (Å²) >= 11 is 0. The van der Waals surface area contributed by atoms with Crippen molar-refractivity contribution in [2.24, 2.45) is 13.0 Å². The van der Waals surface area contributed by atoms with Gasteiger partial charge in [0.25, 0.3) is 11.8 Å². The Hall–Kier alpha value is -4.28. The van der Waals surface area contributed by atoms with Gasteiger partial charge >= 0.3 is 0 Å². The van der Waals surface area contributed by atoms with Gasteiger partial charge in [-0.25, -0.2) is 4.98 Å². The van der Waals surface area contributed by atoms with E-state index in [1.54, 1.807) is 18.2 Å². The molecule has 4 aliphatic rings. The summed E-state index contributed by atoms with van der Waals surface area (Å²) in [4.78, 5) is 55.3. The van der Waals surface area contributed by atoms with Crippen molar-refractivity contribution in [2.75, 3.05) is 11.9 Å². The highest BCUT2D eigenvalue weighted by atomic mass is 16.2. The molecule has 11 nitrogen and oxygen atoms in total. The molecule has 2 aliphatic heterocycles. The van der Waals surface area contributed by atoms with Crippen molar-refractivity contribution in [3.63, 3.8) is 0 Å². The van der Waals surface area contributed by atoms with Crippen LogP contribution in [-0.2, 0) is 16.6 Å². The number of carbonyl (C=O) groups excluding carboxylic acids is 4. The predicted molar refractivity (Wildman–Crippen MR) is 140 cm³/mol. The van der Waals surface area contributed by atoms with Crippen molar-refractivity contribution in [3.05, 3.63) is 53.6 Å². The van der Waals surface area contributed by atoms with E-state index >= 15 is 0 Å². The zero-order valence-corrected chi connectivity index (χ0v) is 21.6. The zero-order chi connectivity index (χ0) is 26.8. The Labute approximate surface area is 224 Å². The Kier molecular flexibility index (Phi) is 5.43. The third-order valence-corrected chi connectivity index (χ3v) is 8.41. The van der Waals surface area contributed by atoms with Gasteiger partial charge in [-0.2, -0.15) is 5.10 Å². The molecule has 1 unspecified atom stereocenters. The molecule has 0 radical (unpaired) electrons. The van der Waals surface area contributed by atoms with Crippen molar-refractivity contribution < 1.29 is 19.2 Å². The summed E-state index contributed by atoms with van der Waals surface area (Å²) in [5.74, 6) is -0.0182. The van der Waals surface area contributed by atoms with Crippen molar-refractivity contribution in [1.82, 2.24) is 29.5 Å². The average molecular weight is 528 g/mol. The fraction of sp³-hybridized carbons (Fsp3) is 0.429. The summed E-state index contributed by atoms with van der Waals surface area (Å²) in [6.45, 7) is 0.747. The molecular formula is C28H29N7O4. The Morgan fingerprint density at radius 3 is 2.54 bits per heavy atom. The Balaban J connectivity index is 0.989. The summed E-state index contributed by atoms with van der Waals surface area (Å²) in [5.41, 5.74) is 3.63. The molecule has 2 aliphatic carbocycles. The summed E-state index contributed by atoms with van der Waals surface area (Å²) in [5, 5.41) is 10.6. The quantitative estimate of drug-likeness (QED) is 0.452. The molecule has 2 saturated carbocycles. The Morgan fingerprint density at radius 2 is 1.82 bits per heavy atom. The Bertz CT molecular complexity index is 1530. The molecule has 0 spiro atoms. The molecule has 1 atom stereocenters. The molecule has 2 aromatic heterocycles. The van der Waals surface area contributed by atoms with Gasteiger partial charge in [-0.3, -0.25) is 34.1 Å². The lowest BCUT2D eigenvalue weighted by molar-refractivity contribution is -0.136. The normalized spacial score (nSPS) is 24.5. The minimum absolute atomic E-state index is 0.101. The van der Waals surface area contributed by atoms with Crippen LogP contribution in [0.25, 0.3) is 11.4 Å². The molecule has 3 aromatic rings. The number of fused-ring (bicyclic) bond motifs is 1. The summed E-state index contributed by atoms with van der Waals surface area (Å²) in [7, 11) is 2.01. The lowest BCUT2D eigenvalue weighted by Gasteiger charge is -2.35. The molecule has 1 aromatic carbocycles. The van der Waals surface area contributed by atoms with Crippen molar-refractivity contribution in [2.45, 2.75) is 56.5 Å². The third kappa shape index (κ3) is 4.03. The van der Waals surface area contributed by atoms with Crippen molar-refractivity contribution >= 4 is 29.3 Å². The topological polar surface area (TPSA) is 131 Å². The van der Waals surface area contributed by atoms with Gasteiger partial charge in [0.2, 0.25) is 11.8 Å². The second-order valence-corrected chi connectivity index (χ2v) is 11.1. The number of aromatic nitrogens is 4. The van der Waals surface area contributed by atoms with Gasteiger partial charge in [0, 0.05) is 50.2 Å². The maximum absolute atomic E-state index is 13.1. The number of carbonyl (C=O) groups is 4. The second kappa shape index (κ2) is 8.89. The maximum Gasteiger partial charge on any atom is 0.262 e. The maximum atomic E-state index is 13.1. The standard InChI is InChI=1S/C28H29N7O4/c1-33-9-8-29-25(33)21-14-34(32-24(21)16-2-3-16)18-10-15(11-18)13-30-17-4-5-19-20(12-17)28(39)35(27(19)38)22-6-7-23(36)31-26(22)37/h4-5,8-9,12,14-16,18,22,30H,2-3,6-7,10-11,13H2,1H3,(H,31,36,37). The largest absolute Gasteiger partial charge is 0.385 e. The van der Waals surface area contributed by atoms with E-state index in [0.29, 0.717) is 17.9 Å². The van der Waals surface area contributed by atoms with E-state index in [2.05, 4.69) is 26.5 Å². The number of nitrogens with zero attached hydrogens (tertiary/aromatic N) is 5. The van der Waals surface area contributed by atoms with Crippen molar-refractivity contribution in [1.29, 1.82) is 0 Å². The molecule has 3 fully saturated rings.